The third-order valence-electron chi connectivity index (χ3n) is 6.84. The van der Waals surface area contributed by atoms with E-state index in [0.717, 1.165) is 24.8 Å². The van der Waals surface area contributed by atoms with Gasteiger partial charge in [0, 0.05) is 5.02 Å². The maximum absolute atomic E-state index is 12.7. The summed E-state index contributed by atoms with van der Waals surface area (Å²) in [7, 11) is 0. The van der Waals surface area contributed by atoms with E-state index in [-0.39, 0.29) is 29.2 Å². The van der Waals surface area contributed by atoms with E-state index >= 15 is 0 Å². The van der Waals surface area contributed by atoms with E-state index in [9.17, 15) is 23.1 Å². The first-order valence-electron chi connectivity index (χ1n) is 9.90. The van der Waals surface area contributed by atoms with E-state index < -0.39 is 12.3 Å². The fraction of sp³-hybridized carbons (Fsp3) is 0.409. The second-order valence-corrected chi connectivity index (χ2v) is 8.84. The molecule has 0 aromatic heterocycles. The van der Waals surface area contributed by atoms with Crippen LogP contribution < -0.4 is 10.1 Å². The van der Waals surface area contributed by atoms with Gasteiger partial charge in [0.15, 0.2) is 0 Å². The average Bonchev–Trinajstić information content (AvgIpc) is 3.28. The lowest BCUT2D eigenvalue weighted by molar-refractivity contribution is -0.274. The molecule has 0 spiro atoms. The highest BCUT2D eigenvalue weighted by molar-refractivity contribution is 6.31. The average molecular weight is 438 g/mol. The summed E-state index contributed by atoms with van der Waals surface area (Å²) in [6.07, 6.45) is -1.58. The van der Waals surface area contributed by atoms with Crippen LogP contribution in [0.25, 0.3) is 0 Å². The molecular formula is C22H19ClF3NO3. The largest absolute Gasteiger partial charge is 0.573 e. The molecule has 5 rings (SSSR count). The Labute approximate surface area is 176 Å². The number of aromatic carboxylic acids is 1. The number of nitrogens with one attached hydrogen (secondary N) is 1. The van der Waals surface area contributed by atoms with Crippen LogP contribution in [-0.2, 0) is 0 Å². The summed E-state index contributed by atoms with van der Waals surface area (Å²) < 4.78 is 42.3. The van der Waals surface area contributed by atoms with Gasteiger partial charge in [0.2, 0.25) is 0 Å². The van der Waals surface area contributed by atoms with Crippen LogP contribution in [0.3, 0.4) is 0 Å². The van der Waals surface area contributed by atoms with Crippen molar-refractivity contribution in [2.45, 2.75) is 37.6 Å². The third-order valence-corrected chi connectivity index (χ3v) is 7.06. The predicted molar refractivity (Wildman–Crippen MR) is 105 cm³/mol. The lowest BCUT2D eigenvalue weighted by Gasteiger charge is -2.44. The molecule has 3 aliphatic rings. The van der Waals surface area contributed by atoms with Crippen LogP contribution in [0.15, 0.2) is 36.4 Å². The van der Waals surface area contributed by atoms with Gasteiger partial charge in [0.25, 0.3) is 0 Å². The molecule has 0 amide bonds. The van der Waals surface area contributed by atoms with Crippen molar-refractivity contribution in [2.24, 2.45) is 17.8 Å². The summed E-state index contributed by atoms with van der Waals surface area (Å²) in [5.74, 6) is -0.202. The number of carbonyl (C=O) groups is 1. The summed E-state index contributed by atoms with van der Waals surface area (Å²) in [6.45, 7) is 0. The number of anilines is 1. The Kier molecular flexibility index (Phi) is 4.43. The molecule has 8 heteroatoms. The van der Waals surface area contributed by atoms with Crippen LogP contribution in [0.1, 0.15) is 52.7 Å². The normalized spacial score (nSPS) is 29.1. The van der Waals surface area contributed by atoms with Crippen LogP contribution in [0.5, 0.6) is 5.75 Å². The summed E-state index contributed by atoms with van der Waals surface area (Å²) in [5.41, 5.74) is 2.19. The Bertz CT molecular complexity index is 1030. The highest BCUT2D eigenvalue weighted by Gasteiger charge is 2.54. The zero-order chi connectivity index (χ0) is 21.2. The van der Waals surface area contributed by atoms with Crippen molar-refractivity contribution in [3.8, 4) is 5.75 Å². The van der Waals surface area contributed by atoms with Crippen LogP contribution in [0.4, 0.5) is 18.9 Å². The molecule has 0 unspecified atom stereocenters. The summed E-state index contributed by atoms with van der Waals surface area (Å²) in [6, 6.07) is 8.94. The van der Waals surface area contributed by atoms with Gasteiger partial charge in [-0.05, 0) is 78.3 Å². The minimum Gasteiger partial charge on any atom is -0.478 e. The molecule has 2 aromatic rings. The first kappa shape index (κ1) is 19.5. The smallest absolute Gasteiger partial charge is 0.478 e. The Morgan fingerprint density at radius 3 is 2.67 bits per heavy atom. The number of ether oxygens (including phenoxy) is 1. The fourth-order valence-corrected chi connectivity index (χ4v) is 6.19. The molecule has 158 valence electrons. The molecule has 5 atom stereocenters. The van der Waals surface area contributed by atoms with E-state index in [2.05, 4.69) is 10.1 Å². The van der Waals surface area contributed by atoms with E-state index in [1.165, 1.54) is 24.3 Å². The quantitative estimate of drug-likeness (QED) is 0.597. The molecule has 4 nitrogen and oxygen atoms in total. The Morgan fingerprint density at radius 2 is 1.93 bits per heavy atom. The monoisotopic (exact) mass is 437 g/mol. The van der Waals surface area contributed by atoms with Gasteiger partial charge in [-0.2, -0.15) is 0 Å². The third kappa shape index (κ3) is 3.20. The van der Waals surface area contributed by atoms with E-state index in [1.54, 1.807) is 6.07 Å². The standard InChI is InChI=1S/C22H19ClF3NO3/c23-13-8-15-17-10-4-5-11(6-10)18(17)19(27-20(15)16(9-13)21(28)29)12-2-1-3-14(7-12)30-22(24,25)26/h1-3,7-11,17-19,27H,4-6H2,(H,28,29)/t10-,11+,17+,18-,19-/m0/s1. The van der Waals surface area contributed by atoms with E-state index in [1.807, 2.05) is 6.07 Å². The van der Waals surface area contributed by atoms with E-state index in [4.69, 9.17) is 11.6 Å². The van der Waals surface area contributed by atoms with Crippen molar-refractivity contribution in [3.63, 3.8) is 0 Å². The maximum atomic E-state index is 12.7. The number of alkyl halides is 3. The van der Waals surface area contributed by atoms with Crippen LogP contribution in [-0.4, -0.2) is 17.4 Å². The minimum absolute atomic E-state index is 0.0893. The van der Waals surface area contributed by atoms with Crippen LogP contribution in [0.2, 0.25) is 5.02 Å². The first-order chi connectivity index (χ1) is 14.2. The molecule has 2 saturated carbocycles. The number of benzene rings is 2. The van der Waals surface area contributed by atoms with Crippen LogP contribution >= 0.6 is 11.6 Å². The fourth-order valence-electron chi connectivity index (χ4n) is 5.96. The second-order valence-electron chi connectivity index (χ2n) is 8.40. The van der Waals surface area contributed by atoms with Crippen molar-refractivity contribution in [3.05, 3.63) is 58.1 Å². The van der Waals surface area contributed by atoms with Crippen molar-refractivity contribution in [1.82, 2.24) is 0 Å². The Hall–Kier alpha value is -2.41. The lowest BCUT2D eigenvalue weighted by Crippen LogP contribution is -2.36. The molecule has 1 heterocycles. The van der Waals surface area contributed by atoms with Crippen LogP contribution in [0, 0.1) is 17.8 Å². The lowest BCUT2D eigenvalue weighted by atomic mass is 9.67. The summed E-state index contributed by atoms with van der Waals surface area (Å²) in [5, 5.41) is 13.5. The summed E-state index contributed by atoms with van der Waals surface area (Å²) in [4.78, 5) is 11.9. The zero-order valence-electron chi connectivity index (χ0n) is 15.7. The SMILES string of the molecule is O=C(O)c1cc(Cl)cc2c1N[C@@H](c1cccc(OC(F)(F)F)c1)[C@H]1[C@@H]3CC[C@@H](C3)[C@H]21. The summed E-state index contributed by atoms with van der Waals surface area (Å²) >= 11 is 6.24. The Morgan fingerprint density at radius 1 is 1.17 bits per heavy atom. The van der Waals surface area contributed by atoms with Gasteiger partial charge >= 0.3 is 12.3 Å². The van der Waals surface area contributed by atoms with Crippen molar-refractivity contribution in [2.75, 3.05) is 5.32 Å². The number of hydrogen-bond donors (Lipinski definition) is 2. The number of rotatable bonds is 3. The number of carboxylic acid groups (broad SMARTS) is 1. The first-order valence-corrected chi connectivity index (χ1v) is 10.3. The van der Waals surface area contributed by atoms with Crippen molar-refractivity contribution < 1.29 is 27.8 Å². The van der Waals surface area contributed by atoms with Gasteiger partial charge in [0.05, 0.1) is 17.3 Å². The molecule has 30 heavy (non-hydrogen) atoms. The van der Waals surface area contributed by atoms with Gasteiger partial charge in [-0.25, -0.2) is 4.79 Å². The number of fused-ring (bicyclic) bond motifs is 7. The molecule has 2 fully saturated rings. The molecule has 1 aliphatic heterocycles. The maximum Gasteiger partial charge on any atom is 0.573 e. The zero-order valence-corrected chi connectivity index (χ0v) is 16.5. The highest BCUT2D eigenvalue weighted by atomic mass is 35.5. The van der Waals surface area contributed by atoms with Gasteiger partial charge in [-0.1, -0.05) is 23.7 Å². The molecule has 2 bridgehead atoms. The minimum atomic E-state index is -4.77. The topological polar surface area (TPSA) is 58.6 Å². The van der Waals surface area contributed by atoms with Gasteiger partial charge < -0.3 is 15.2 Å². The highest BCUT2D eigenvalue weighted by Crippen LogP contribution is 2.64. The van der Waals surface area contributed by atoms with Gasteiger partial charge in [-0.3, -0.25) is 0 Å². The number of halogens is 4. The molecule has 2 N–H and O–H groups in total. The van der Waals surface area contributed by atoms with Crippen molar-refractivity contribution >= 4 is 23.3 Å². The van der Waals surface area contributed by atoms with Gasteiger partial charge in [0.1, 0.15) is 5.75 Å². The molecular weight excluding hydrogens is 419 g/mol. The number of hydrogen-bond acceptors (Lipinski definition) is 3. The van der Waals surface area contributed by atoms with E-state index in [0.29, 0.717) is 28.1 Å². The number of carboxylic acids is 1. The van der Waals surface area contributed by atoms with Crippen molar-refractivity contribution in [1.29, 1.82) is 0 Å². The molecule has 2 aliphatic carbocycles. The molecule has 2 aromatic carbocycles. The molecule has 0 radical (unpaired) electrons. The molecule has 0 saturated heterocycles. The van der Waals surface area contributed by atoms with Gasteiger partial charge in [-0.15, -0.1) is 13.2 Å². The Balaban J connectivity index is 1.62. The predicted octanol–water partition coefficient (Wildman–Crippen LogP) is 6.23. The second kappa shape index (κ2) is 6.80.